The van der Waals surface area contributed by atoms with E-state index in [0.29, 0.717) is 19.7 Å². The van der Waals surface area contributed by atoms with Crippen molar-refractivity contribution in [1.29, 1.82) is 0 Å². The Kier molecular flexibility index (Phi) is 3.90. The Morgan fingerprint density at radius 3 is 2.79 bits per heavy atom. The van der Waals surface area contributed by atoms with E-state index in [2.05, 4.69) is 0 Å². The normalized spacial score (nSPS) is 20.4. The lowest BCUT2D eigenvalue weighted by Crippen LogP contribution is -2.46. The number of hydrogen-bond acceptors (Lipinski definition) is 2. The van der Waals surface area contributed by atoms with Crippen LogP contribution in [0.25, 0.3) is 0 Å². The molecule has 3 nitrogen and oxygen atoms in total. The molecular weight excluding hydrogens is 245 g/mol. The first kappa shape index (κ1) is 14.0. The number of carbonyl (C=O) groups excluding carboxylic acids is 1. The van der Waals surface area contributed by atoms with Gasteiger partial charge in [-0.3, -0.25) is 4.79 Å². The van der Waals surface area contributed by atoms with Gasteiger partial charge in [0.25, 0.3) is 0 Å². The number of halogens is 1. The number of morpholine rings is 1. The molecule has 0 radical (unpaired) electrons. The van der Waals surface area contributed by atoms with Gasteiger partial charge >= 0.3 is 0 Å². The summed E-state index contributed by atoms with van der Waals surface area (Å²) in [5.41, 5.74) is 0.385. The summed E-state index contributed by atoms with van der Waals surface area (Å²) >= 11 is 0. The zero-order valence-corrected chi connectivity index (χ0v) is 11.6. The van der Waals surface area contributed by atoms with Crippen LogP contribution in [0.3, 0.4) is 0 Å². The van der Waals surface area contributed by atoms with Gasteiger partial charge in [-0.1, -0.05) is 32.9 Å². The van der Waals surface area contributed by atoms with Crippen LogP contribution in [0.4, 0.5) is 4.39 Å². The summed E-state index contributed by atoms with van der Waals surface area (Å²) in [4.78, 5) is 14.1. The lowest BCUT2D eigenvalue weighted by Gasteiger charge is -2.36. The van der Waals surface area contributed by atoms with E-state index in [1.165, 1.54) is 12.1 Å². The molecule has 1 aliphatic heterocycles. The van der Waals surface area contributed by atoms with Crippen LogP contribution in [0.1, 0.15) is 32.4 Å². The maximum Gasteiger partial charge on any atom is 0.228 e. The van der Waals surface area contributed by atoms with Crippen LogP contribution in [-0.4, -0.2) is 30.5 Å². The van der Waals surface area contributed by atoms with E-state index < -0.39 is 5.41 Å². The Bertz CT molecular complexity index is 467. The lowest BCUT2D eigenvalue weighted by atomic mass is 9.94. The summed E-state index contributed by atoms with van der Waals surface area (Å²) in [6.45, 7) is 7.29. The van der Waals surface area contributed by atoms with Crippen molar-refractivity contribution in [2.45, 2.75) is 26.9 Å². The van der Waals surface area contributed by atoms with Crippen molar-refractivity contribution in [3.63, 3.8) is 0 Å². The predicted octanol–water partition coefficient (Wildman–Crippen LogP) is 2.77. The van der Waals surface area contributed by atoms with Crippen molar-refractivity contribution >= 4 is 5.91 Å². The van der Waals surface area contributed by atoms with Crippen LogP contribution in [0.15, 0.2) is 24.3 Å². The zero-order valence-electron chi connectivity index (χ0n) is 11.6. The predicted molar refractivity (Wildman–Crippen MR) is 71.1 cm³/mol. The molecule has 1 saturated heterocycles. The van der Waals surface area contributed by atoms with Crippen LogP contribution in [0, 0.1) is 11.2 Å². The molecule has 1 atom stereocenters. The van der Waals surface area contributed by atoms with Crippen molar-refractivity contribution in [3.05, 3.63) is 35.6 Å². The third kappa shape index (κ3) is 3.32. The molecule has 2 rings (SSSR count). The number of ether oxygens (including phenoxy) is 1. The van der Waals surface area contributed by atoms with E-state index in [-0.39, 0.29) is 17.8 Å². The van der Waals surface area contributed by atoms with Gasteiger partial charge in [-0.25, -0.2) is 4.39 Å². The molecule has 0 saturated carbocycles. The van der Waals surface area contributed by atoms with Gasteiger partial charge < -0.3 is 9.64 Å². The molecule has 1 amide bonds. The smallest absolute Gasteiger partial charge is 0.228 e. The molecule has 0 spiro atoms. The first-order valence-electron chi connectivity index (χ1n) is 6.54. The number of hydrogen-bond donors (Lipinski definition) is 0. The maximum atomic E-state index is 13.2. The van der Waals surface area contributed by atoms with Gasteiger partial charge in [0.1, 0.15) is 11.9 Å². The quantitative estimate of drug-likeness (QED) is 0.781. The van der Waals surface area contributed by atoms with Crippen LogP contribution < -0.4 is 0 Å². The molecule has 0 N–H and O–H groups in total. The number of rotatable bonds is 1. The van der Waals surface area contributed by atoms with E-state index >= 15 is 0 Å². The van der Waals surface area contributed by atoms with Gasteiger partial charge in [-0.15, -0.1) is 0 Å². The summed E-state index contributed by atoms with van der Waals surface area (Å²) in [6, 6.07) is 6.37. The average Bonchev–Trinajstić information content (AvgIpc) is 2.37. The van der Waals surface area contributed by atoms with Gasteiger partial charge in [-0.2, -0.15) is 0 Å². The Morgan fingerprint density at radius 2 is 2.16 bits per heavy atom. The molecule has 1 fully saturated rings. The molecule has 104 valence electrons. The fourth-order valence-corrected chi connectivity index (χ4v) is 2.22. The summed E-state index contributed by atoms with van der Waals surface area (Å²) in [6.07, 6.45) is -0.240. The van der Waals surface area contributed by atoms with Crippen molar-refractivity contribution in [1.82, 2.24) is 4.90 Å². The number of amides is 1. The van der Waals surface area contributed by atoms with Crippen molar-refractivity contribution < 1.29 is 13.9 Å². The lowest BCUT2D eigenvalue weighted by molar-refractivity contribution is -0.147. The van der Waals surface area contributed by atoms with Crippen LogP contribution in [0.5, 0.6) is 0 Å². The second-order valence-electron chi connectivity index (χ2n) is 5.92. The third-order valence-corrected chi connectivity index (χ3v) is 3.22. The zero-order chi connectivity index (χ0) is 14.0. The Labute approximate surface area is 113 Å². The highest BCUT2D eigenvalue weighted by molar-refractivity contribution is 5.81. The Morgan fingerprint density at radius 1 is 1.42 bits per heavy atom. The van der Waals surface area contributed by atoms with E-state index in [0.717, 1.165) is 5.56 Å². The van der Waals surface area contributed by atoms with Gasteiger partial charge in [0, 0.05) is 12.0 Å². The number of benzene rings is 1. The highest BCUT2D eigenvalue weighted by atomic mass is 19.1. The van der Waals surface area contributed by atoms with Gasteiger partial charge in [-0.05, 0) is 17.7 Å². The topological polar surface area (TPSA) is 29.5 Å². The van der Waals surface area contributed by atoms with Crippen molar-refractivity contribution in [3.8, 4) is 0 Å². The van der Waals surface area contributed by atoms with E-state index in [1.807, 2.05) is 26.8 Å². The number of nitrogens with zero attached hydrogens (tertiary/aromatic N) is 1. The first-order chi connectivity index (χ1) is 8.88. The molecule has 0 aromatic heterocycles. The molecule has 1 aromatic carbocycles. The molecule has 19 heavy (non-hydrogen) atoms. The summed E-state index contributed by atoms with van der Waals surface area (Å²) < 4.78 is 18.9. The highest BCUT2D eigenvalue weighted by Crippen LogP contribution is 2.26. The monoisotopic (exact) mass is 265 g/mol. The first-order valence-corrected chi connectivity index (χ1v) is 6.54. The Balaban J connectivity index is 2.11. The number of carbonyl (C=O) groups is 1. The minimum Gasteiger partial charge on any atom is -0.370 e. The maximum absolute atomic E-state index is 13.2. The second kappa shape index (κ2) is 5.29. The molecule has 0 aliphatic carbocycles. The minimum absolute atomic E-state index is 0.109. The van der Waals surface area contributed by atoms with Crippen LogP contribution in [0.2, 0.25) is 0 Å². The van der Waals surface area contributed by atoms with E-state index in [4.69, 9.17) is 4.74 Å². The SMILES string of the molecule is CC(C)(C)C(=O)N1CCOC(c2cccc(F)c2)C1. The molecule has 1 unspecified atom stereocenters. The molecule has 1 heterocycles. The molecule has 4 heteroatoms. The Hall–Kier alpha value is -1.42. The third-order valence-electron chi connectivity index (χ3n) is 3.22. The van der Waals surface area contributed by atoms with Gasteiger partial charge in [0.05, 0.1) is 13.2 Å². The van der Waals surface area contributed by atoms with Gasteiger partial charge in [0.15, 0.2) is 0 Å². The van der Waals surface area contributed by atoms with E-state index in [9.17, 15) is 9.18 Å². The largest absolute Gasteiger partial charge is 0.370 e. The van der Waals surface area contributed by atoms with Crippen LogP contribution in [-0.2, 0) is 9.53 Å². The van der Waals surface area contributed by atoms with Crippen molar-refractivity contribution in [2.24, 2.45) is 5.41 Å². The second-order valence-corrected chi connectivity index (χ2v) is 5.92. The molecule has 0 bridgehead atoms. The fourth-order valence-electron chi connectivity index (χ4n) is 2.22. The van der Waals surface area contributed by atoms with Gasteiger partial charge in [0.2, 0.25) is 5.91 Å². The van der Waals surface area contributed by atoms with E-state index in [1.54, 1.807) is 11.0 Å². The molecule has 1 aliphatic rings. The van der Waals surface area contributed by atoms with Crippen LogP contribution >= 0.6 is 0 Å². The minimum atomic E-state index is -0.399. The molecular formula is C15H20FNO2. The summed E-state index contributed by atoms with van der Waals surface area (Å²) in [7, 11) is 0. The molecule has 1 aromatic rings. The fraction of sp³-hybridized carbons (Fsp3) is 0.533. The average molecular weight is 265 g/mol. The summed E-state index contributed by atoms with van der Waals surface area (Å²) in [5.74, 6) is -0.169. The summed E-state index contributed by atoms with van der Waals surface area (Å²) in [5, 5.41) is 0. The van der Waals surface area contributed by atoms with Crippen molar-refractivity contribution in [2.75, 3.05) is 19.7 Å². The highest BCUT2D eigenvalue weighted by Gasteiger charge is 2.31. The standard InChI is InChI=1S/C15H20FNO2/c1-15(2,3)14(18)17-7-8-19-13(10-17)11-5-4-6-12(16)9-11/h4-6,9,13H,7-8,10H2,1-3H3.